The summed E-state index contributed by atoms with van der Waals surface area (Å²) in [6.45, 7) is 5.19. The Kier molecular flexibility index (Phi) is 6.57. The van der Waals surface area contributed by atoms with Gasteiger partial charge in [0.1, 0.15) is 0 Å². The molecule has 1 fully saturated rings. The van der Waals surface area contributed by atoms with Crippen molar-refractivity contribution in [2.24, 2.45) is 0 Å². The van der Waals surface area contributed by atoms with Gasteiger partial charge in [0.05, 0.1) is 18.7 Å². The van der Waals surface area contributed by atoms with Gasteiger partial charge in [-0.1, -0.05) is 6.07 Å². The molecule has 1 aromatic carbocycles. The molecule has 0 saturated carbocycles. The number of piperazine rings is 1. The summed E-state index contributed by atoms with van der Waals surface area (Å²) in [6.07, 6.45) is 0. The monoisotopic (exact) mass is 454 g/mol. The minimum absolute atomic E-state index is 0.0564. The number of benzene rings is 1. The van der Waals surface area contributed by atoms with Crippen LogP contribution in [0.15, 0.2) is 53.0 Å². The van der Waals surface area contributed by atoms with Gasteiger partial charge in [0.15, 0.2) is 5.78 Å². The van der Waals surface area contributed by atoms with Crippen molar-refractivity contribution in [1.29, 1.82) is 0 Å². The minimum atomic E-state index is -0.521. The molecular weight excluding hydrogens is 428 g/mol. The second-order valence-corrected chi connectivity index (χ2v) is 8.78. The third kappa shape index (κ3) is 4.68. The molecule has 2 aromatic rings. The smallest absolute Gasteiger partial charge is 0.338 e. The molecule has 0 spiro atoms. The Balaban J connectivity index is 1.48. The van der Waals surface area contributed by atoms with E-state index in [1.165, 1.54) is 18.4 Å². The summed E-state index contributed by atoms with van der Waals surface area (Å²) >= 11 is 1.49. The average Bonchev–Trinajstić information content (AvgIpc) is 3.34. The minimum Gasteiger partial charge on any atom is -0.466 e. The molecule has 2 aliphatic heterocycles. The van der Waals surface area contributed by atoms with Gasteiger partial charge in [0, 0.05) is 54.5 Å². The molecule has 0 aliphatic carbocycles. The van der Waals surface area contributed by atoms with Crippen molar-refractivity contribution in [2.75, 3.05) is 44.7 Å². The molecule has 3 heterocycles. The molecule has 1 saturated heterocycles. The Morgan fingerprint density at radius 3 is 2.44 bits per heavy atom. The maximum absolute atomic E-state index is 12.6. The van der Waals surface area contributed by atoms with Crippen molar-refractivity contribution >= 4 is 34.8 Å². The van der Waals surface area contributed by atoms with Gasteiger partial charge in [0.2, 0.25) is 0 Å². The van der Waals surface area contributed by atoms with Crippen molar-refractivity contribution in [3.63, 3.8) is 0 Å². The number of nitrogens with zero attached hydrogens (tertiary/aromatic N) is 2. The van der Waals surface area contributed by atoms with Gasteiger partial charge in [-0.3, -0.25) is 9.69 Å². The number of ketones is 1. The highest BCUT2D eigenvalue weighted by Crippen LogP contribution is 2.31. The lowest BCUT2D eigenvalue weighted by Gasteiger charge is -2.37. The van der Waals surface area contributed by atoms with Crippen LogP contribution in [0.2, 0.25) is 0 Å². The van der Waals surface area contributed by atoms with E-state index in [-0.39, 0.29) is 11.8 Å². The number of ether oxygens (including phenoxy) is 1. The largest absolute Gasteiger partial charge is 0.466 e. The summed E-state index contributed by atoms with van der Waals surface area (Å²) in [4.78, 5) is 41.8. The van der Waals surface area contributed by atoms with Crippen LogP contribution in [0.5, 0.6) is 0 Å². The summed E-state index contributed by atoms with van der Waals surface area (Å²) in [5, 5.41) is 7.59. The fraction of sp³-hybridized carbons (Fsp3) is 0.348. The van der Waals surface area contributed by atoms with E-state index < -0.39 is 12.0 Å². The third-order valence-electron chi connectivity index (χ3n) is 5.78. The number of methoxy groups -OCH3 is 1. The van der Waals surface area contributed by atoms with E-state index in [0.29, 0.717) is 23.4 Å². The van der Waals surface area contributed by atoms with Gasteiger partial charge in [-0.15, -0.1) is 11.3 Å². The van der Waals surface area contributed by atoms with Gasteiger partial charge < -0.3 is 20.3 Å². The molecule has 0 unspecified atom stereocenters. The highest BCUT2D eigenvalue weighted by molar-refractivity contribution is 7.10. The quantitative estimate of drug-likeness (QED) is 0.515. The van der Waals surface area contributed by atoms with Crippen LogP contribution in [0.25, 0.3) is 0 Å². The second kappa shape index (κ2) is 9.54. The molecule has 168 valence electrons. The summed E-state index contributed by atoms with van der Waals surface area (Å²) in [5.41, 5.74) is 2.81. The lowest BCUT2D eigenvalue weighted by molar-refractivity contribution is -0.136. The maximum atomic E-state index is 12.6. The number of anilines is 1. The summed E-state index contributed by atoms with van der Waals surface area (Å²) in [7, 11) is 1.35. The maximum Gasteiger partial charge on any atom is 0.338 e. The first-order valence-corrected chi connectivity index (χ1v) is 11.3. The van der Waals surface area contributed by atoms with Crippen LogP contribution in [-0.2, 0) is 9.53 Å². The van der Waals surface area contributed by atoms with Crippen LogP contribution in [-0.4, -0.2) is 62.5 Å². The van der Waals surface area contributed by atoms with Gasteiger partial charge in [-0.2, -0.15) is 0 Å². The molecule has 0 bridgehead atoms. The zero-order valence-corrected chi connectivity index (χ0v) is 18.9. The molecular formula is C23H26N4O4S. The number of thiophene rings is 1. The summed E-state index contributed by atoms with van der Waals surface area (Å²) in [6, 6.07) is 10.6. The van der Waals surface area contributed by atoms with E-state index in [1.54, 1.807) is 6.92 Å². The van der Waals surface area contributed by atoms with Gasteiger partial charge in [-0.25, -0.2) is 9.59 Å². The van der Waals surface area contributed by atoms with E-state index in [1.807, 2.05) is 41.8 Å². The van der Waals surface area contributed by atoms with E-state index >= 15 is 0 Å². The van der Waals surface area contributed by atoms with E-state index in [9.17, 15) is 14.4 Å². The Morgan fingerprint density at radius 1 is 1.12 bits per heavy atom. The number of carbonyl (C=O) groups excluding carboxylic acids is 3. The lowest BCUT2D eigenvalue weighted by atomic mass is 10.0. The van der Waals surface area contributed by atoms with Crippen molar-refractivity contribution in [3.05, 3.63) is 63.5 Å². The third-order valence-corrected chi connectivity index (χ3v) is 6.72. The Morgan fingerprint density at radius 2 is 1.84 bits per heavy atom. The standard InChI is InChI=1S/C23H26N4O4S/c1-15(28)16-5-7-17(8-6-16)27-11-9-26(10-12-27)14-18-20(22(29)31-2)21(25-23(30)24-18)19-4-3-13-32-19/h3-8,13,21H,9-12,14H2,1-2H3,(H2,24,25,30)/t21-/m1/s1. The molecule has 2 aliphatic rings. The Bertz CT molecular complexity index is 1020. The topological polar surface area (TPSA) is 91.0 Å². The highest BCUT2D eigenvalue weighted by Gasteiger charge is 2.35. The van der Waals surface area contributed by atoms with Crippen LogP contribution < -0.4 is 15.5 Å². The number of hydrogen-bond acceptors (Lipinski definition) is 7. The Hall–Kier alpha value is -3.17. The van der Waals surface area contributed by atoms with E-state index in [4.69, 9.17) is 4.74 Å². The zero-order valence-electron chi connectivity index (χ0n) is 18.1. The van der Waals surface area contributed by atoms with Crippen LogP contribution in [0, 0.1) is 0 Å². The molecule has 4 rings (SSSR count). The normalized spacial score (nSPS) is 19.4. The molecule has 1 aromatic heterocycles. The predicted molar refractivity (Wildman–Crippen MR) is 123 cm³/mol. The molecule has 1 atom stereocenters. The van der Waals surface area contributed by atoms with E-state index in [0.717, 1.165) is 36.7 Å². The number of nitrogens with one attached hydrogen (secondary N) is 2. The molecule has 32 heavy (non-hydrogen) atoms. The number of esters is 1. The van der Waals surface area contributed by atoms with Crippen LogP contribution in [0.3, 0.4) is 0 Å². The first-order valence-electron chi connectivity index (χ1n) is 10.5. The fourth-order valence-electron chi connectivity index (χ4n) is 4.06. The first kappa shape index (κ1) is 22.0. The van der Waals surface area contributed by atoms with Gasteiger partial charge in [-0.05, 0) is 42.6 Å². The van der Waals surface area contributed by atoms with Crippen molar-refractivity contribution in [3.8, 4) is 0 Å². The van der Waals surface area contributed by atoms with Crippen LogP contribution in [0.1, 0.15) is 28.2 Å². The van der Waals surface area contributed by atoms with Crippen molar-refractivity contribution < 1.29 is 19.1 Å². The number of Topliss-reactive ketones (excluding diaryl/α,β-unsaturated/α-hetero) is 1. The van der Waals surface area contributed by atoms with Gasteiger partial charge >= 0.3 is 12.0 Å². The van der Waals surface area contributed by atoms with E-state index in [2.05, 4.69) is 20.4 Å². The summed E-state index contributed by atoms with van der Waals surface area (Å²) in [5.74, 6) is -0.393. The predicted octanol–water partition coefficient (Wildman–Crippen LogP) is 2.55. The molecule has 2 amide bonds. The fourth-order valence-corrected chi connectivity index (χ4v) is 4.84. The first-order chi connectivity index (χ1) is 15.5. The number of hydrogen-bond donors (Lipinski definition) is 2. The molecule has 8 nitrogen and oxygen atoms in total. The average molecular weight is 455 g/mol. The highest BCUT2D eigenvalue weighted by atomic mass is 32.1. The summed E-state index contributed by atoms with van der Waals surface area (Å²) < 4.78 is 5.04. The molecule has 0 radical (unpaired) electrons. The van der Waals surface area contributed by atoms with Crippen LogP contribution in [0.4, 0.5) is 10.5 Å². The number of urea groups is 1. The van der Waals surface area contributed by atoms with Crippen molar-refractivity contribution in [1.82, 2.24) is 15.5 Å². The SMILES string of the molecule is COC(=O)C1=C(CN2CCN(c3ccc(C(C)=O)cc3)CC2)NC(=O)N[C@@H]1c1cccs1. The molecule has 9 heteroatoms. The Labute approximate surface area is 190 Å². The van der Waals surface area contributed by atoms with Crippen molar-refractivity contribution in [2.45, 2.75) is 13.0 Å². The second-order valence-electron chi connectivity index (χ2n) is 7.80. The molecule has 2 N–H and O–H groups in total. The van der Waals surface area contributed by atoms with Crippen LogP contribution >= 0.6 is 11.3 Å². The number of rotatable bonds is 6. The number of carbonyl (C=O) groups is 3. The number of amides is 2. The zero-order chi connectivity index (χ0) is 22.7. The van der Waals surface area contributed by atoms with Gasteiger partial charge in [0.25, 0.3) is 0 Å². The lowest BCUT2D eigenvalue weighted by Crippen LogP contribution is -2.51.